The molecule has 5 heteroatoms. The van der Waals surface area contributed by atoms with Crippen LogP contribution in [0.1, 0.15) is 11.5 Å². The van der Waals surface area contributed by atoms with E-state index in [4.69, 9.17) is 0 Å². The van der Waals surface area contributed by atoms with Gasteiger partial charge in [-0.2, -0.15) is 5.10 Å². The molecule has 2 rings (SSSR count). The lowest BCUT2D eigenvalue weighted by Gasteiger charge is -2.04. The number of nitrogens with one attached hydrogen (secondary N) is 1. The van der Waals surface area contributed by atoms with Gasteiger partial charge >= 0.3 is 0 Å². The van der Waals surface area contributed by atoms with Gasteiger partial charge in [0, 0.05) is 32.7 Å². The highest BCUT2D eigenvalue weighted by atomic mass is 15.3. The van der Waals surface area contributed by atoms with Crippen LogP contribution in [0.25, 0.3) is 0 Å². The number of aryl methyl sites for hydroxylation is 3. The SMILES string of the molecule is Cc1nn(C)cc1NCc1nccn1C. The minimum atomic E-state index is 0.718. The minimum Gasteiger partial charge on any atom is -0.375 e. The van der Waals surface area contributed by atoms with Crippen LogP contribution in [0.3, 0.4) is 0 Å². The van der Waals surface area contributed by atoms with Crippen molar-refractivity contribution in [2.24, 2.45) is 14.1 Å². The maximum Gasteiger partial charge on any atom is 0.127 e. The van der Waals surface area contributed by atoms with Crippen LogP contribution in [-0.2, 0) is 20.6 Å². The molecule has 1 N–H and O–H groups in total. The van der Waals surface area contributed by atoms with Gasteiger partial charge in [0.1, 0.15) is 5.82 Å². The average molecular weight is 205 g/mol. The van der Waals surface area contributed by atoms with E-state index in [0.717, 1.165) is 23.8 Å². The Morgan fingerprint density at radius 1 is 1.40 bits per heavy atom. The molecular formula is C10H15N5. The van der Waals surface area contributed by atoms with Crippen molar-refractivity contribution < 1.29 is 0 Å². The fourth-order valence-corrected chi connectivity index (χ4v) is 1.51. The van der Waals surface area contributed by atoms with Gasteiger partial charge in [-0.1, -0.05) is 0 Å². The highest BCUT2D eigenvalue weighted by Gasteiger charge is 2.03. The van der Waals surface area contributed by atoms with Crippen molar-refractivity contribution in [3.05, 3.63) is 30.1 Å². The second kappa shape index (κ2) is 3.76. The molecule has 0 aliphatic carbocycles. The van der Waals surface area contributed by atoms with Crippen LogP contribution in [-0.4, -0.2) is 19.3 Å². The Kier molecular flexibility index (Phi) is 2.45. The van der Waals surface area contributed by atoms with E-state index >= 15 is 0 Å². The molecule has 0 aliphatic rings. The summed E-state index contributed by atoms with van der Waals surface area (Å²) in [6.07, 6.45) is 5.71. The molecule has 0 unspecified atom stereocenters. The number of nitrogens with zero attached hydrogens (tertiary/aromatic N) is 4. The summed E-state index contributed by atoms with van der Waals surface area (Å²) in [5.41, 5.74) is 2.06. The highest BCUT2D eigenvalue weighted by molar-refractivity contribution is 5.45. The van der Waals surface area contributed by atoms with Crippen LogP contribution in [0.2, 0.25) is 0 Å². The Morgan fingerprint density at radius 3 is 2.73 bits per heavy atom. The molecule has 0 amide bonds. The van der Waals surface area contributed by atoms with Gasteiger partial charge in [-0.25, -0.2) is 4.98 Å². The Hall–Kier alpha value is -1.78. The van der Waals surface area contributed by atoms with E-state index in [-0.39, 0.29) is 0 Å². The monoisotopic (exact) mass is 205 g/mol. The van der Waals surface area contributed by atoms with Crippen molar-refractivity contribution in [3.63, 3.8) is 0 Å². The fourth-order valence-electron chi connectivity index (χ4n) is 1.51. The van der Waals surface area contributed by atoms with Gasteiger partial charge in [0.25, 0.3) is 0 Å². The summed E-state index contributed by atoms with van der Waals surface area (Å²) >= 11 is 0. The van der Waals surface area contributed by atoms with Crippen LogP contribution in [0, 0.1) is 6.92 Å². The van der Waals surface area contributed by atoms with Crippen LogP contribution in [0.5, 0.6) is 0 Å². The van der Waals surface area contributed by atoms with E-state index < -0.39 is 0 Å². The van der Waals surface area contributed by atoms with E-state index in [0.29, 0.717) is 0 Å². The Labute approximate surface area is 88.7 Å². The lowest BCUT2D eigenvalue weighted by atomic mass is 10.4. The molecule has 0 saturated heterocycles. The predicted molar refractivity (Wildman–Crippen MR) is 58.5 cm³/mol. The zero-order valence-electron chi connectivity index (χ0n) is 9.23. The van der Waals surface area contributed by atoms with Gasteiger partial charge in [-0.15, -0.1) is 0 Å². The summed E-state index contributed by atoms with van der Waals surface area (Å²) in [6.45, 7) is 2.71. The Morgan fingerprint density at radius 2 is 2.20 bits per heavy atom. The Bertz CT molecular complexity index is 454. The third-order valence-electron chi connectivity index (χ3n) is 2.37. The van der Waals surface area contributed by atoms with Crippen LogP contribution in [0.4, 0.5) is 5.69 Å². The van der Waals surface area contributed by atoms with Gasteiger partial charge < -0.3 is 9.88 Å². The third-order valence-corrected chi connectivity index (χ3v) is 2.37. The summed E-state index contributed by atoms with van der Waals surface area (Å²) in [5, 5.41) is 7.57. The molecule has 0 fully saturated rings. The van der Waals surface area contributed by atoms with Gasteiger partial charge in [0.05, 0.1) is 17.9 Å². The summed E-state index contributed by atoms with van der Waals surface area (Å²) < 4.78 is 3.80. The maximum absolute atomic E-state index is 4.26. The molecule has 5 nitrogen and oxygen atoms in total. The number of hydrogen-bond donors (Lipinski definition) is 1. The van der Waals surface area contributed by atoms with E-state index in [1.54, 1.807) is 10.9 Å². The molecule has 15 heavy (non-hydrogen) atoms. The maximum atomic E-state index is 4.26. The zero-order chi connectivity index (χ0) is 10.8. The van der Waals surface area contributed by atoms with Crippen molar-refractivity contribution >= 4 is 5.69 Å². The molecule has 0 atom stereocenters. The zero-order valence-corrected chi connectivity index (χ0v) is 9.23. The molecule has 0 saturated carbocycles. The van der Waals surface area contributed by atoms with Crippen molar-refractivity contribution in [2.45, 2.75) is 13.5 Å². The molecular weight excluding hydrogens is 190 g/mol. The fraction of sp³-hybridized carbons (Fsp3) is 0.400. The smallest absolute Gasteiger partial charge is 0.127 e. The molecule has 80 valence electrons. The number of anilines is 1. The molecule has 2 heterocycles. The largest absolute Gasteiger partial charge is 0.375 e. The summed E-state index contributed by atoms with van der Waals surface area (Å²) in [7, 11) is 3.90. The molecule has 0 radical (unpaired) electrons. The standard InChI is InChI=1S/C10H15N5/c1-8-9(7-15(3)13-8)12-6-10-11-4-5-14(10)2/h4-5,7,12H,6H2,1-3H3. The topological polar surface area (TPSA) is 47.7 Å². The lowest BCUT2D eigenvalue weighted by Crippen LogP contribution is -2.05. The second-order valence-electron chi connectivity index (χ2n) is 3.61. The summed E-state index contributed by atoms with van der Waals surface area (Å²) in [4.78, 5) is 4.24. The minimum absolute atomic E-state index is 0.718. The van der Waals surface area contributed by atoms with E-state index in [9.17, 15) is 0 Å². The quantitative estimate of drug-likeness (QED) is 0.815. The molecule has 2 aromatic rings. The van der Waals surface area contributed by atoms with Gasteiger partial charge in [-0.3, -0.25) is 4.68 Å². The van der Waals surface area contributed by atoms with Crippen LogP contribution < -0.4 is 5.32 Å². The first kappa shape index (κ1) is 9.76. The third kappa shape index (κ3) is 2.01. The first-order valence-electron chi connectivity index (χ1n) is 4.87. The normalized spacial score (nSPS) is 10.6. The summed E-state index contributed by atoms with van der Waals surface area (Å²) in [6, 6.07) is 0. The summed E-state index contributed by atoms with van der Waals surface area (Å²) in [5.74, 6) is 1.01. The number of rotatable bonds is 3. The van der Waals surface area contributed by atoms with Crippen molar-refractivity contribution in [3.8, 4) is 0 Å². The first-order valence-corrected chi connectivity index (χ1v) is 4.87. The van der Waals surface area contributed by atoms with Gasteiger partial charge in [0.2, 0.25) is 0 Å². The number of aromatic nitrogens is 4. The number of imidazole rings is 1. The van der Waals surface area contributed by atoms with Gasteiger partial charge in [0.15, 0.2) is 0 Å². The molecule has 0 aromatic carbocycles. The average Bonchev–Trinajstić information content (AvgIpc) is 2.70. The van der Waals surface area contributed by atoms with Gasteiger partial charge in [-0.05, 0) is 6.92 Å². The van der Waals surface area contributed by atoms with Crippen molar-refractivity contribution in [1.82, 2.24) is 19.3 Å². The highest BCUT2D eigenvalue weighted by Crippen LogP contribution is 2.12. The molecule has 0 spiro atoms. The number of hydrogen-bond acceptors (Lipinski definition) is 3. The van der Waals surface area contributed by atoms with Crippen molar-refractivity contribution in [1.29, 1.82) is 0 Å². The van der Waals surface area contributed by atoms with E-state index in [2.05, 4.69) is 15.4 Å². The van der Waals surface area contributed by atoms with E-state index in [1.165, 1.54) is 0 Å². The first-order chi connectivity index (χ1) is 7.16. The predicted octanol–water partition coefficient (Wildman–Crippen LogP) is 1.07. The second-order valence-corrected chi connectivity index (χ2v) is 3.61. The van der Waals surface area contributed by atoms with Crippen molar-refractivity contribution in [2.75, 3.05) is 5.32 Å². The Balaban J connectivity index is 2.05. The lowest BCUT2D eigenvalue weighted by molar-refractivity contribution is 0.756. The molecule has 2 aromatic heterocycles. The molecule has 0 bridgehead atoms. The van der Waals surface area contributed by atoms with Crippen LogP contribution >= 0.6 is 0 Å². The van der Waals surface area contributed by atoms with Crippen LogP contribution in [0.15, 0.2) is 18.6 Å². The van der Waals surface area contributed by atoms with E-state index in [1.807, 2.05) is 38.0 Å². The molecule has 0 aliphatic heterocycles.